The third-order valence-electron chi connectivity index (χ3n) is 6.74. The maximum atomic E-state index is 13.6. The fourth-order valence-electron chi connectivity index (χ4n) is 5.17. The van der Waals surface area contributed by atoms with Crippen LogP contribution in [0, 0.1) is 6.92 Å². The molecule has 3 aromatic rings. The van der Waals surface area contributed by atoms with Gasteiger partial charge in [0.05, 0.1) is 37.0 Å². The van der Waals surface area contributed by atoms with E-state index in [1.165, 1.54) is 0 Å². The fraction of sp³-hybridized carbons (Fsp3) is 0.333. The number of benzene rings is 2. The van der Waals surface area contributed by atoms with Crippen LogP contribution in [0.5, 0.6) is 5.75 Å². The van der Waals surface area contributed by atoms with Crippen molar-refractivity contribution in [2.24, 2.45) is 0 Å². The Morgan fingerprint density at radius 1 is 1.15 bits per heavy atom. The molecule has 1 aromatic heterocycles. The standard InChI is InChI=1S/C27H29N3O3/c1-18-16-29(17-28-18)24-11-8-19(13-26(24)33-2)12-21-9-10-22-14-23(31)15-25(30(22)27(21)32)20-6-4-3-5-7-20/h3-8,11-13,16-17,22-23,25,31H,9-10,14-15H2,1-2H3/b21-12-/t22-,23?,25?/m0/s1. The summed E-state index contributed by atoms with van der Waals surface area (Å²) in [6, 6.07) is 16.0. The number of ether oxygens (including phenoxy) is 1. The molecule has 1 amide bonds. The van der Waals surface area contributed by atoms with Crippen molar-refractivity contribution in [3.05, 3.63) is 83.4 Å². The Morgan fingerprint density at radius 2 is 1.97 bits per heavy atom. The van der Waals surface area contributed by atoms with Crippen molar-refractivity contribution in [2.75, 3.05) is 7.11 Å². The van der Waals surface area contributed by atoms with Crippen LogP contribution >= 0.6 is 0 Å². The summed E-state index contributed by atoms with van der Waals surface area (Å²) in [5, 5.41) is 10.5. The third kappa shape index (κ3) is 4.18. The van der Waals surface area contributed by atoms with E-state index in [9.17, 15) is 9.90 Å². The van der Waals surface area contributed by atoms with E-state index in [4.69, 9.17) is 4.74 Å². The van der Waals surface area contributed by atoms with Gasteiger partial charge >= 0.3 is 0 Å². The van der Waals surface area contributed by atoms with Gasteiger partial charge in [-0.2, -0.15) is 0 Å². The molecule has 0 bridgehead atoms. The Kier molecular flexibility index (Phi) is 5.77. The van der Waals surface area contributed by atoms with E-state index in [-0.39, 0.29) is 24.1 Å². The highest BCUT2D eigenvalue weighted by Crippen LogP contribution is 2.41. The van der Waals surface area contributed by atoms with Crippen molar-refractivity contribution in [1.82, 2.24) is 14.5 Å². The molecule has 3 heterocycles. The largest absolute Gasteiger partial charge is 0.495 e. The fourth-order valence-corrected chi connectivity index (χ4v) is 5.17. The van der Waals surface area contributed by atoms with Gasteiger partial charge in [0.2, 0.25) is 0 Å². The molecule has 2 aliphatic rings. The number of nitrogens with zero attached hydrogens (tertiary/aromatic N) is 3. The predicted octanol–water partition coefficient (Wildman–Crippen LogP) is 4.46. The minimum atomic E-state index is -0.376. The van der Waals surface area contributed by atoms with E-state index in [0.717, 1.165) is 40.3 Å². The molecule has 33 heavy (non-hydrogen) atoms. The number of fused-ring (bicyclic) bond motifs is 1. The zero-order valence-corrected chi connectivity index (χ0v) is 19.0. The Hall–Kier alpha value is -3.38. The lowest BCUT2D eigenvalue weighted by atomic mass is 9.82. The second kappa shape index (κ2) is 8.87. The van der Waals surface area contributed by atoms with Crippen molar-refractivity contribution in [2.45, 2.75) is 50.8 Å². The first-order valence-corrected chi connectivity index (χ1v) is 11.5. The molecule has 0 radical (unpaired) electrons. The molecule has 1 N–H and O–H groups in total. The van der Waals surface area contributed by atoms with Crippen LogP contribution in [-0.4, -0.2) is 44.7 Å². The number of piperidine rings is 2. The van der Waals surface area contributed by atoms with Crippen molar-refractivity contribution in [3.8, 4) is 11.4 Å². The van der Waals surface area contributed by atoms with Gasteiger partial charge in [-0.05, 0) is 61.9 Å². The molecule has 5 rings (SSSR count). The van der Waals surface area contributed by atoms with Crippen LogP contribution in [0.2, 0.25) is 0 Å². The number of carbonyl (C=O) groups is 1. The summed E-state index contributed by atoms with van der Waals surface area (Å²) in [5.74, 6) is 0.798. The summed E-state index contributed by atoms with van der Waals surface area (Å²) in [6.45, 7) is 1.95. The van der Waals surface area contributed by atoms with Gasteiger partial charge in [0.25, 0.3) is 5.91 Å². The molecule has 6 heteroatoms. The minimum Gasteiger partial charge on any atom is -0.495 e. The Bertz CT molecular complexity index is 1180. The van der Waals surface area contributed by atoms with Crippen LogP contribution in [0.15, 0.2) is 66.6 Å². The summed E-state index contributed by atoms with van der Waals surface area (Å²) in [7, 11) is 1.65. The van der Waals surface area contributed by atoms with Crippen LogP contribution < -0.4 is 4.74 Å². The smallest absolute Gasteiger partial charge is 0.250 e. The summed E-state index contributed by atoms with van der Waals surface area (Å²) < 4.78 is 7.57. The monoisotopic (exact) mass is 443 g/mol. The number of aryl methyl sites for hydroxylation is 1. The molecule has 2 aromatic carbocycles. The maximum Gasteiger partial charge on any atom is 0.250 e. The van der Waals surface area contributed by atoms with E-state index in [2.05, 4.69) is 4.98 Å². The second-order valence-corrected chi connectivity index (χ2v) is 8.98. The number of hydrogen-bond acceptors (Lipinski definition) is 4. The average molecular weight is 444 g/mol. The lowest BCUT2D eigenvalue weighted by Gasteiger charge is -2.47. The maximum absolute atomic E-state index is 13.6. The molecular weight excluding hydrogens is 414 g/mol. The van der Waals surface area contributed by atoms with Gasteiger partial charge in [-0.25, -0.2) is 4.98 Å². The van der Waals surface area contributed by atoms with E-state index in [1.54, 1.807) is 13.4 Å². The minimum absolute atomic E-state index is 0.0697. The van der Waals surface area contributed by atoms with Crippen LogP contribution in [0.1, 0.15) is 48.5 Å². The Balaban J connectivity index is 1.45. The SMILES string of the molecule is COc1cc(/C=C2/CC[C@H]3CC(O)CC(c4ccccc4)N3C2=O)ccc1-n1cnc(C)c1. The van der Waals surface area contributed by atoms with E-state index in [0.29, 0.717) is 19.3 Å². The molecule has 2 aliphatic heterocycles. The third-order valence-corrected chi connectivity index (χ3v) is 6.74. The highest BCUT2D eigenvalue weighted by Gasteiger charge is 2.42. The van der Waals surface area contributed by atoms with E-state index < -0.39 is 0 Å². The molecule has 2 fully saturated rings. The van der Waals surface area contributed by atoms with Gasteiger partial charge in [0.1, 0.15) is 5.75 Å². The summed E-state index contributed by atoms with van der Waals surface area (Å²) >= 11 is 0. The van der Waals surface area contributed by atoms with Crippen molar-refractivity contribution < 1.29 is 14.6 Å². The highest BCUT2D eigenvalue weighted by molar-refractivity contribution is 5.99. The molecule has 6 nitrogen and oxygen atoms in total. The first-order chi connectivity index (χ1) is 16.0. The molecule has 0 aliphatic carbocycles. The summed E-state index contributed by atoms with van der Waals surface area (Å²) in [5.41, 5.74) is 4.66. The van der Waals surface area contributed by atoms with Crippen molar-refractivity contribution >= 4 is 12.0 Å². The molecule has 2 saturated heterocycles. The summed E-state index contributed by atoms with van der Waals surface area (Å²) in [4.78, 5) is 19.9. The highest BCUT2D eigenvalue weighted by atomic mass is 16.5. The second-order valence-electron chi connectivity index (χ2n) is 8.98. The number of amides is 1. The van der Waals surface area contributed by atoms with Gasteiger partial charge in [-0.1, -0.05) is 36.4 Å². The topological polar surface area (TPSA) is 67.6 Å². The molecule has 3 atom stereocenters. The number of aromatic nitrogens is 2. The summed E-state index contributed by atoms with van der Waals surface area (Å²) in [6.07, 6.45) is 8.12. The van der Waals surface area contributed by atoms with Gasteiger partial charge in [0, 0.05) is 17.8 Å². The molecular formula is C27H29N3O3. The number of hydrogen-bond donors (Lipinski definition) is 1. The van der Waals surface area contributed by atoms with Crippen molar-refractivity contribution in [3.63, 3.8) is 0 Å². The average Bonchev–Trinajstić information content (AvgIpc) is 3.26. The van der Waals surface area contributed by atoms with Gasteiger partial charge in [-0.15, -0.1) is 0 Å². The van der Waals surface area contributed by atoms with E-state index in [1.807, 2.05) is 77.2 Å². The van der Waals surface area contributed by atoms with Crippen LogP contribution in [-0.2, 0) is 4.79 Å². The normalized spacial score (nSPS) is 24.1. The van der Waals surface area contributed by atoms with Crippen LogP contribution in [0.25, 0.3) is 11.8 Å². The number of imidazole rings is 1. The quantitative estimate of drug-likeness (QED) is 0.605. The Morgan fingerprint density at radius 3 is 2.70 bits per heavy atom. The van der Waals surface area contributed by atoms with Crippen molar-refractivity contribution in [1.29, 1.82) is 0 Å². The van der Waals surface area contributed by atoms with E-state index >= 15 is 0 Å². The Labute approximate surface area is 194 Å². The zero-order chi connectivity index (χ0) is 22.9. The number of rotatable bonds is 4. The lowest BCUT2D eigenvalue weighted by molar-refractivity contribution is -0.139. The molecule has 2 unspecified atom stereocenters. The lowest BCUT2D eigenvalue weighted by Crippen LogP contribution is -2.52. The van der Waals surface area contributed by atoms with Gasteiger partial charge < -0.3 is 19.3 Å². The van der Waals surface area contributed by atoms with Gasteiger partial charge in [0.15, 0.2) is 0 Å². The molecule has 170 valence electrons. The van der Waals surface area contributed by atoms with Gasteiger partial charge in [-0.3, -0.25) is 4.79 Å². The number of methoxy groups -OCH3 is 1. The predicted molar refractivity (Wildman–Crippen MR) is 127 cm³/mol. The number of aliphatic hydroxyl groups is 1. The van der Waals surface area contributed by atoms with Crippen LogP contribution in [0.4, 0.5) is 0 Å². The zero-order valence-electron chi connectivity index (χ0n) is 19.0. The van der Waals surface area contributed by atoms with Crippen LogP contribution in [0.3, 0.4) is 0 Å². The number of aliphatic hydroxyl groups excluding tert-OH is 1. The molecule has 0 saturated carbocycles. The first kappa shape index (κ1) is 21.5. The molecule has 0 spiro atoms. The first-order valence-electron chi connectivity index (χ1n) is 11.5. The number of carbonyl (C=O) groups excluding carboxylic acids is 1.